The molecular formula is C14H12N4OS. The van der Waals surface area contributed by atoms with Crippen molar-refractivity contribution in [2.24, 2.45) is 7.05 Å². The van der Waals surface area contributed by atoms with Crippen molar-refractivity contribution in [3.05, 3.63) is 52.8 Å². The van der Waals surface area contributed by atoms with Crippen molar-refractivity contribution in [1.29, 1.82) is 0 Å². The molecule has 0 unspecified atom stereocenters. The van der Waals surface area contributed by atoms with Crippen LogP contribution in [-0.2, 0) is 7.05 Å². The van der Waals surface area contributed by atoms with Crippen molar-refractivity contribution in [3.63, 3.8) is 0 Å². The van der Waals surface area contributed by atoms with Gasteiger partial charge < -0.3 is 10.3 Å². The van der Waals surface area contributed by atoms with Crippen molar-refractivity contribution >= 4 is 16.5 Å². The Balaban J connectivity index is 2.15. The van der Waals surface area contributed by atoms with E-state index in [-0.39, 0.29) is 5.56 Å². The molecule has 0 aliphatic heterocycles. The van der Waals surface area contributed by atoms with Crippen LogP contribution in [0.5, 0.6) is 0 Å². The molecule has 0 atom stereocenters. The highest BCUT2D eigenvalue weighted by molar-refractivity contribution is 7.18. The van der Waals surface area contributed by atoms with Gasteiger partial charge in [0.15, 0.2) is 5.01 Å². The summed E-state index contributed by atoms with van der Waals surface area (Å²) in [6.45, 7) is 0. The van der Waals surface area contributed by atoms with E-state index in [2.05, 4.69) is 10.2 Å². The molecule has 0 fully saturated rings. The third-order valence-electron chi connectivity index (χ3n) is 3.04. The lowest BCUT2D eigenvalue weighted by Crippen LogP contribution is -2.19. The third-order valence-corrected chi connectivity index (χ3v) is 3.83. The Kier molecular flexibility index (Phi) is 3.08. The fourth-order valence-electron chi connectivity index (χ4n) is 2.04. The van der Waals surface area contributed by atoms with Crippen LogP contribution in [-0.4, -0.2) is 14.8 Å². The van der Waals surface area contributed by atoms with E-state index >= 15 is 0 Å². The van der Waals surface area contributed by atoms with Gasteiger partial charge in [-0.15, -0.1) is 10.2 Å². The molecule has 6 heteroatoms. The van der Waals surface area contributed by atoms with Gasteiger partial charge >= 0.3 is 0 Å². The van der Waals surface area contributed by atoms with Gasteiger partial charge in [-0.2, -0.15) is 0 Å². The Morgan fingerprint density at radius 3 is 2.50 bits per heavy atom. The maximum absolute atomic E-state index is 12.4. The van der Waals surface area contributed by atoms with Gasteiger partial charge in [0, 0.05) is 7.05 Å². The molecule has 0 amide bonds. The molecule has 0 aliphatic carbocycles. The number of anilines is 1. The molecule has 0 spiro atoms. The topological polar surface area (TPSA) is 73.8 Å². The molecule has 0 aliphatic rings. The van der Waals surface area contributed by atoms with Gasteiger partial charge in [-0.05, 0) is 17.7 Å². The molecule has 2 aromatic heterocycles. The van der Waals surface area contributed by atoms with E-state index in [4.69, 9.17) is 5.73 Å². The SMILES string of the molecule is Cn1c(-c2ccccc2)ccc(-c2nnc(N)s2)c1=O. The van der Waals surface area contributed by atoms with E-state index in [0.717, 1.165) is 11.3 Å². The summed E-state index contributed by atoms with van der Waals surface area (Å²) in [5.41, 5.74) is 7.82. The highest BCUT2D eigenvalue weighted by Crippen LogP contribution is 2.24. The largest absolute Gasteiger partial charge is 0.374 e. The third kappa shape index (κ3) is 2.10. The lowest BCUT2D eigenvalue weighted by atomic mass is 10.1. The van der Waals surface area contributed by atoms with Crippen molar-refractivity contribution < 1.29 is 0 Å². The summed E-state index contributed by atoms with van der Waals surface area (Å²) in [6.07, 6.45) is 0. The average molecular weight is 284 g/mol. The van der Waals surface area contributed by atoms with Crippen LogP contribution >= 0.6 is 11.3 Å². The van der Waals surface area contributed by atoms with E-state index in [1.54, 1.807) is 17.7 Å². The van der Waals surface area contributed by atoms with Crippen molar-refractivity contribution in [1.82, 2.24) is 14.8 Å². The van der Waals surface area contributed by atoms with Gasteiger partial charge in [0.2, 0.25) is 5.13 Å². The first kappa shape index (κ1) is 12.6. The zero-order chi connectivity index (χ0) is 14.1. The van der Waals surface area contributed by atoms with Crippen LogP contribution in [0.1, 0.15) is 0 Å². The highest BCUT2D eigenvalue weighted by atomic mass is 32.1. The number of nitrogen functional groups attached to an aromatic ring is 1. The van der Waals surface area contributed by atoms with Crippen LogP contribution < -0.4 is 11.3 Å². The zero-order valence-electron chi connectivity index (χ0n) is 10.8. The quantitative estimate of drug-likeness (QED) is 0.782. The minimum Gasteiger partial charge on any atom is -0.374 e. The number of hydrogen-bond acceptors (Lipinski definition) is 5. The van der Waals surface area contributed by atoms with Crippen molar-refractivity contribution in [2.75, 3.05) is 5.73 Å². The van der Waals surface area contributed by atoms with Crippen LogP contribution in [0.3, 0.4) is 0 Å². The first-order chi connectivity index (χ1) is 9.66. The van der Waals surface area contributed by atoms with Crippen molar-refractivity contribution in [2.45, 2.75) is 0 Å². The molecule has 2 N–H and O–H groups in total. The number of pyridine rings is 1. The predicted octanol–water partition coefficient (Wildman–Crippen LogP) is 2.15. The molecule has 20 heavy (non-hydrogen) atoms. The second-order valence-corrected chi connectivity index (χ2v) is 5.32. The maximum Gasteiger partial charge on any atom is 0.261 e. The first-order valence-electron chi connectivity index (χ1n) is 6.01. The summed E-state index contributed by atoms with van der Waals surface area (Å²) in [5.74, 6) is 0. The molecule has 2 heterocycles. The van der Waals surface area contributed by atoms with Gasteiger partial charge in [-0.1, -0.05) is 41.7 Å². The van der Waals surface area contributed by atoms with Crippen LogP contribution in [0.2, 0.25) is 0 Å². The Bertz CT molecular complexity index is 808. The Hall–Kier alpha value is -2.47. The fraction of sp³-hybridized carbons (Fsp3) is 0.0714. The first-order valence-corrected chi connectivity index (χ1v) is 6.83. The lowest BCUT2D eigenvalue weighted by Gasteiger charge is -2.09. The minimum atomic E-state index is -0.109. The van der Waals surface area contributed by atoms with E-state index in [1.165, 1.54) is 11.3 Å². The van der Waals surface area contributed by atoms with E-state index in [1.807, 2.05) is 36.4 Å². The number of aromatic nitrogens is 3. The van der Waals surface area contributed by atoms with Gasteiger partial charge in [0.1, 0.15) is 0 Å². The molecule has 0 bridgehead atoms. The Morgan fingerprint density at radius 1 is 1.10 bits per heavy atom. The van der Waals surface area contributed by atoms with Gasteiger partial charge in [0.25, 0.3) is 5.56 Å². The molecule has 100 valence electrons. The minimum absolute atomic E-state index is 0.109. The number of nitrogens with two attached hydrogens (primary N) is 1. The normalized spacial score (nSPS) is 10.7. The van der Waals surface area contributed by atoms with Crippen LogP contribution in [0.4, 0.5) is 5.13 Å². The van der Waals surface area contributed by atoms with Crippen LogP contribution in [0.25, 0.3) is 21.8 Å². The average Bonchev–Trinajstić information content (AvgIpc) is 2.89. The van der Waals surface area contributed by atoms with Gasteiger partial charge in [0.05, 0.1) is 11.3 Å². The highest BCUT2D eigenvalue weighted by Gasteiger charge is 2.12. The molecule has 0 radical (unpaired) electrons. The fourth-order valence-corrected chi connectivity index (χ4v) is 2.67. The number of nitrogens with zero attached hydrogens (tertiary/aromatic N) is 3. The summed E-state index contributed by atoms with van der Waals surface area (Å²) in [6, 6.07) is 13.4. The molecule has 3 aromatic rings. The maximum atomic E-state index is 12.4. The molecule has 5 nitrogen and oxygen atoms in total. The smallest absolute Gasteiger partial charge is 0.261 e. The predicted molar refractivity (Wildman–Crippen MR) is 80.4 cm³/mol. The summed E-state index contributed by atoms with van der Waals surface area (Å²) in [5, 5.41) is 8.56. The Morgan fingerprint density at radius 2 is 1.85 bits per heavy atom. The van der Waals surface area contributed by atoms with E-state index in [0.29, 0.717) is 15.7 Å². The number of benzene rings is 1. The number of rotatable bonds is 2. The second kappa shape index (κ2) is 4.90. The van der Waals surface area contributed by atoms with Crippen LogP contribution in [0.15, 0.2) is 47.3 Å². The standard InChI is InChI=1S/C14H12N4OS/c1-18-11(9-5-3-2-4-6-9)8-7-10(13(18)19)12-16-17-14(15)20-12/h2-8H,1H3,(H2,15,17). The summed E-state index contributed by atoms with van der Waals surface area (Å²) < 4.78 is 1.61. The molecular weight excluding hydrogens is 272 g/mol. The molecule has 0 saturated heterocycles. The van der Waals surface area contributed by atoms with E-state index in [9.17, 15) is 4.79 Å². The monoisotopic (exact) mass is 284 g/mol. The van der Waals surface area contributed by atoms with Crippen molar-refractivity contribution in [3.8, 4) is 21.8 Å². The molecule has 1 aromatic carbocycles. The zero-order valence-corrected chi connectivity index (χ0v) is 11.6. The molecule has 0 saturated carbocycles. The van der Waals surface area contributed by atoms with E-state index < -0.39 is 0 Å². The van der Waals surface area contributed by atoms with Gasteiger partial charge in [-0.3, -0.25) is 4.79 Å². The van der Waals surface area contributed by atoms with Crippen LogP contribution in [0, 0.1) is 0 Å². The second-order valence-electron chi connectivity index (χ2n) is 4.31. The molecule has 3 rings (SSSR count). The summed E-state index contributed by atoms with van der Waals surface area (Å²) in [4.78, 5) is 12.4. The summed E-state index contributed by atoms with van der Waals surface area (Å²) >= 11 is 1.21. The summed E-state index contributed by atoms with van der Waals surface area (Å²) in [7, 11) is 1.75. The lowest BCUT2D eigenvalue weighted by molar-refractivity contribution is 0.872. The Labute approximate surface area is 119 Å². The number of hydrogen-bond donors (Lipinski definition) is 1. The van der Waals surface area contributed by atoms with Gasteiger partial charge in [-0.25, -0.2) is 0 Å².